The molecule has 0 radical (unpaired) electrons. The van der Waals surface area contributed by atoms with Crippen LogP contribution in [0.1, 0.15) is 5.56 Å². The largest absolute Gasteiger partial charge is 0.380 e. The van der Waals surface area contributed by atoms with Gasteiger partial charge in [-0.2, -0.15) is 0 Å². The summed E-state index contributed by atoms with van der Waals surface area (Å²) in [6.07, 6.45) is 0. The molecule has 3 heteroatoms. The molecule has 2 aromatic carbocycles. The first-order valence-electron chi connectivity index (χ1n) is 6.49. The summed E-state index contributed by atoms with van der Waals surface area (Å²) in [5, 5.41) is 1.02. The molecule has 0 saturated carbocycles. The van der Waals surface area contributed by atoms with Crippen LogP contribution in [-0.2, 0) is 11.3 Å². The summed E-state index contributed by atoms with van der Waals surface area (Å²) >= 11 is 0. The predicted octanol–water partition coefficient (Wildman–Crippen LogP) is 3.34. The molecule has 20 heavy (non-hydrogen) atoms. The second-order valence-electron chi connectivity index (χ2n) is 4.65. The zero-order valence-electron chi connectivity index (χ0n) is 11.2. The first-order valence-corrected chi connectivity index (χ1v) is 6.49. The predicted molar refractivity (Wildman–Crippen MR) is 80.7 cm³/mol. The standard InChI is InChI=1S/C17H15NO2/c1-20-11-14-13-9-5-6-10-15(13)18-17(19)16(14)12-7-3-2-4-8-12/h2-10H,11H2,1H3,(H,18,19). The number of pyridine rings is 1. The van der Waals surface area contributed by atoms with Crippen LogP contribution >= 0.6 is 0 Å². The number of rotatable bonds is 3. The Labute approximate surface area is 116 Å². The number of nitrogens with one attached hydrogen (secondary N) is 1. The third-order valence-electron chi connectivity index (χ3n) is 3.38. The molecule has 1 heterocycles. The number of benzene rings is 2. The molecule has 3 rings (SSSR count). The van der Waals surface area contributed by atoms with E-state index in [1.165, 1.54) is 0 Å². The number of para-hydroxylation sites is 1. The SMILES string of the molecule is COCc1c(-c2ccccc2)c(=O)[nH]c2ccccc12. The van der Waals surface area contributed by atoms with E-state index in [2.05, 4.69) is 4.98 Å². The summed E-state index contributed by atoms with van der Waals surface area (Å²) in [6, 6.07) is 17.5. The van der Waals surface area contributed by atoms with Crippen molar-refractivity contribution in [3.8, 4) is 11.1 Å². The number of aromatic amines is 1. The molecule has 3 nitrogen and oxygen atoms in total. The number of aromatic nitrogens is 1. The van der Waals surface area contributed by atoms with Gasteiger partial charge in [0.2, 0.25) is 0 Å². The monoisotopic (exact) mass is 265 g/mol. The minimum atomic E-state index is -0.0815. The van der Waals surface area contributed by atoms with Gasteiger partial charge in [0, 0.05) is 23.6 Å². The minimum Gasteiger partial charge on any atom is -0.380 e. The van der Waals surface area contributed by atoms with Crippen LogP contribution < -0.4 is 5.56 Å². The molecule has 1 N–H and O–H groups in total. The van der Waals surface area contributed by atoms with Crippen molar-refractivity contribution in [3.05, 3.63) is 70.5 Å². The molecule has 0 amide bonds. The molecule has 0 bridgehead atoms. The van der Waals surface area contributed by atoms with Gasteiger partial charge in [0.15, 0.2) is 0 Å². The van der Waals surface area contributed by atoms with Crippen LogP contribution in [0.5, 0.6) is 0 Å². The molecular formula is C17H15NO2. The van der Waals surface area contributed by atoms with E-state index < -0.39 is 0 Å². The molecule has 0 aliphatic rings. The van der Waals surface area contributed by atoms with Crippen LogP contribution in [0.2, 0.25) is 0 Å². The van der Waals surface area contributed by atoms with Crippen molar-refractivity contribution in [2.24, 2.45) is 0 Å². The molecule has 1 aromatic heterocycles. The Morgan fingerprint density at radius 2 is 1.70 bits per heavy atom. The van der Waals surface area contributed by atoms with Crippen molar-refractivity contribution in [1.82, 2.24) is 4.98 Å². The van der Waals surface area contributed by atoms with Gasteiger partial charge >= 0.3 is 0 Å². The number of fused-ring (bicyclic) bond motifs is 1. The van der Waals surface area contributed by atoms with Crippen LogP contribution in [-0.4, -0.2) is 12.1 Å². The van der Waals surface area contributed by atoms with Crippen LogP contribution in [0, 0.1) is 0 Å². The maximum Gasteiger partial charge on any atom is 0.256 e. The highest BCUT2D eigenvalue weighted by Gasteiger charge is 2.13. The number of hydrogen-bond acceptors (Lipinski definition) is 2. The van der Waals surface area contributed by atoms with Crippen molar-refractivity contribution < 1.29 is 4.74 Å². The Kier molecular flexibility index (Phi) is 3.35. The van der Waals surface area contributed by atoms with Gasteiger partial charge in [-0.25, -0.2) is 0 Å². The van der Waals surface area contributed by atoms with E-state index >= 15 is 0 Å². The quantitative estimate of drug-likeness (QED) is 0.789. The number of H-pyrrole nitrogens is 1. The molecule has 3 aromatic rings. The number of methoxy groups -OCH3 is 1. The smallest absolute Gasteiger partial charge is 0.256 e. The van der Waals surface area contributed by atoms with Crippen LogP contribution in [0.25, 0.3) is 22.0 Å². The second kappa shape index (κ2) is 5.31. The van der Waals surface area contributed by atoms with Gasteiger partial charge in [-0.3, -0.25) is 4.79 Å². The van der Waals surface area contributed by atoms with Crippen LogP contribution in [0.4, 0.5) is 0 Å². The fraction of sp³-hybridized carbons (Fsp3) is 0.118. The minimum absolute atomic E-state index is 0.0815. The van der Waals surface area contributed by atoms with Gasteiger partial charge in [-0.05, 0) is 11.6 Å². The number of ether oxygens (including phenoxy) is 1. The molecule has 0 spiro atoms. The summed E-state index contributed by atoms with van der Waals surface area (Å²) in [7, 11) is 1.64. The molecule has 0 saturated heterocycles. The molecule has 0 aliphatic carbocycles. The van der Waals surface area contributed by atoms with E-state index in [-0.39, 0.29) is 5.56 Å². The van der Waals surface area contributed by atoms with E-state index in [1.54, 1.807) is 7.11 Å². The lowest BCUT2D eigenvalue weighted by atomic mass is 9.98. The van der Waals surface area contributed by atoms with Crippen molar-refractivity contribution in [2.75, 3.05) is 7.11 Å². The van der Waals surface area contributed by atoms with E-state index in [9.17, 15) is 4.79 Å². The summed E-state index contributed by atoms with van der Waals surface area (Å²) in [6.45, 7) is 0.411. The maximum absolute atomic E-state index is 12.4. The normalized spacial score (nSPS) is 10.8. The average Bonchev–Trinajstić information content (AvgIpc) is 2.48. The number of hydrogen-bond donors (Lipinski definition) is 1. The lowest BCUT2D eigenvalue weighted by Crippen LogP contribution is -2.13. The lowest BCUT2D eigenvalue weighted by molar-refractivity contribution is 0.186. The first kappa shape index (κ1) is 12.6. The van der Waals surface area contributed by atoms with Gasteiger partial charge in [-0.1, -0.05) is 48.5 Å². The van der Waals surface area contributed by atoms with E-state index in [0.29, 0.717) is 12.2 Å². The fourth-order valence-electron chi connectivity index (χ4n) is 2.52. The first-order chi connectivity index (χ1) is 9.81. The molecule has 0 atom stereocenters. The summed E-state index contributed by atoms with van der Waals surface area (Å²) in [4.78, 5) is 15.4. The van der Waals surface area contributed by atoms with Gasteiger partial charge in [0.1, 0.15) is 0 Å². The Bertz CT molecular complexity index is 791. The zero-order valence-corrected chi connectivity index (χ0v) is 11.2. The molecule has 0 aliphatic heterocycles. The van der Waals surface area contributed by atoms with Gasteiger partial charge in [-0.15, -0.1) is 0 Å². The third kappa shape index (κ3) is 2.12. The molecule has 100 valence electrons. The molecular weight excluding hydrogens is 250 g/mol. The van der Waals surface area contributed by atoms with Gasteiger partial charge in [0.05, 0.1) is 12.2 Å². The highest BCUT2D eigenvalue weighted by Crippen LogP contribution is 2.26. The third-order valence-corrected chi connectivity index (χ3v) is 3.38. The van der Waals surface area contributed by atoms with E-state index in [1.807, 2.05) is 54.6 Å². The summed E-state index contributed by atoms with van der Waals surface area (Å²) in [5.41, 5.74) is 3.28. The van der Waals surface area contributed by atoms with Crippen LogP contribution in [0.15, 0.2) is 59.4 Å². The topological polar surface area (TPSA) is 42.1 Å². The Morgan fingerprint density at radius 3 is 2.45 bits per heavy atom. The van der Waals surface area contributed by atoms with Gasteiger partial charge in [0.25, 0.3) is 5.56 Å². The Morgan fingerprint density at radius 1 is 1.00 bits per heavy atom. The zero-order chi connectivity index (χ0) is 13.9. The fourth-order valence-corrected chi connectivity index (χ4v) is 2.52. The molecule has 0 unspecified atom stereocenters. The van der Waals surface area contributed by atoms with Crippen molar-refractivity contribution >= 4 is 10.9 Å². The van der Waals surface area contributed by atoms with E-state index in [0.717, 1.165) is 22.0 Å². The highest BCUT2D eigenvalue weighted by atomic mass is 16.5. The van der Waals surface area contributed by atoms with Crippen LogP contribution in [0.3, 0.4) is 0 Å². The second-order valence-corrected chi connectivity index (χ2v) is 4.65. The molecule has 0 fully saturated rings. The average molecular weight is 265 g/mol. The van der Waals surface area contributed by atoms with E-state index in [4.69, 9.17) is 4.74 Å². The summed E-state index contributed by atoms with van der Waals surface area (Å²) < 4.78 is 5.30. The van der Waals surface area contributed by atoms with Crippen molar-refractivity contribution in [1.29, 1.82) is 0 Å². The van der Waals surface area contributed by atoms with Gasteiger partial charge < -0.3 is 9.72 Å². The van der Waals surface area contributed by atoms with Crippen molar-refractivity contribution in [3.63, 3.8) is 0 Å². The van der Waals surface area contributed by atoms with Crippen molar-refractivity contribution in [2.45, 2.75) is 6.61 Å². The highest BCUT2D eigenvalue weighted by molar-refractivity contribution is 5.88. The summed E-state index contributed by atoms with van der Waals surface area (Å²) in [5.74, 6) is 0. The Balaban J connectivity index is 2.38. The maximum atomic E-state index is 12.4. The Hall–Kier alpha value is -2.39. The lowest BCUT2D eigenvalue weighted by Gasteiger charge is -2.12.